The number of benzene rings is 1. The molecular weight excluding hydrogens is 381 g/mol. The van der Waals surface area contributed by atoms with Gasteiger partial charge in [0.25, 0.3) is 0 Å². The highest BCUT2D eigenvalue weighted by molar-refractivity contribution is 6.37. The number of esters is 2. The summed E-state index contributed by atoms with van der Waals surface area (Å²) in [7, 11) is 2.41. The van der Waals surface area contributed by atoms with Crippen LogP contribution in [-0.4, -0.2) is 36.5 Å². The molecule has 0 saturated carbocycles. The Balaban J connectivity index is 2.09. The van der Waals surface area contributed by atoms with Crippen molar-refractivity contribution in [2.75, 3.05) is 14.2 Å². The lowest BCUT2D eigenvalue weighted by atomic mass is 9.83. The molecule has 2 heterocycles. The first-order valence-electron chi connectivity index (χ1n) is 7.73. The molecule has 1 aliphatic heterocycles. The lowest BCUT2D eigenvalue weighted by Gasteiger charge is -2.22. The van der Waals surface area contributed by atoms with Gasteiger partial charge in [0.15, 0.2) is 0 Å². The number of methoxy groups -OCH3 is 2. The van der Waals surface area contributed by atoms with Crippen molar-refractivity contribution in [3.63, 3.8) is 0 Å². The van der Waals surface area contributed by atoms with Crippen molar-refractivity contribution < 1.29 is 23.9 Å². The topological polar surface area (TPSA) is 74.6 Å². The number of halogens is 2. The number of hydrogen-bond acceptors (Lipinski definition) is 5. The summed E-state index contributed by atoms with van der Waals surface area (Å²) in [5.41, 5.74) is -0.611. The number of ketones is 1. The Morgan fingerprint density at radius 1 is 1.04 bits per heavy atom. The van der Waals surface area contributed by atoms with Crippen LogP contribution in [0.1, 0.15) is 28.2 Å². The van der Waals surface area contributed by atoms with Crippen LogP contribution in [0.15, 0.2) is 30.3 Å². The van der Waals surface area contributed by atoms with Gasteiger partial charge in [0.05, 0.1) is 24.9 Å². The monoisotopic (exact) mass is 395 g/mol. The van der Waals surface area contributed by atoms with E-state index in [1.54, 1.807) is 22.8 Å². The van der Waals surface area contributed by atoms with Gasteiger partial charge in [-0.1, -0.05) is 23.2 Å². The normalized spacial score (nSPS) is 14.6. The zero-order valence-corrected chi connectivity index (χ0v) is 15.6. The first kappa shape index (κ1) is 18.5. The lowest BCUT2D eigenvalue weighted by Crippen LogP contribution is -2.43. The Labute approximate surface area is 159 Å². The summed E-state index contributed by atoms with van der Waals surface area (Å²) in [5, 5.41) is 0.644. The molecule has 0 bridgehead atoms. The zero-order valence-electron chi connectivity index (χ0n) is 14.0. The summed E-state index contributed by atoms with van der Waals surface area (Å²) in [4.78, 5) is 37.7. The maximum Gasteiger partial charge on any atom is 0.329 e. The number of ether oxygens (including phenoxy) is 2. The van der Waals surface area contributed by atoms with Crippen molar-refractivity contribution in [3.8, 4) is 0 Å². The van der Waals surface area contributed by atoms with E-state index in [1.807, 2.05) is 0 Å². The third-order valence-corrected chi connectivity index (χ3v) is 5.15. The minimum absolute atomic E-state index is 0.150. The summed E-state index contributed by atoms with van der Waals surface area (Å²) in [6, 6.07) is 7.72. The minimum Gasteiger partial charge on any atom is -0.468 e. The van der Waals surface area contributed by atoms with Crippen molar-refractivity contribution in [3.05, 3.63) is 57.3 Å². The predicted molar refractivity (Wildman–Crippen MR) is 94.7 cm³/mol. The number of rotatable bonds is 4. The molecule has 26 heavy (non-hydrogen) atoms. The molecule has 0 amide bonds. The maximum absolute atomic E-state index is 12.9. The average molecular weight is 396 g/mol. The molecular formula is C18H15Cl2NO5. The van der Waals surface area contributed by atoms with Crippen molar-refractivity contribution in [1.29, 1.82) is 0 Å². The molecule has 0 unspecified atom stereocenters. The fourth-order valence-electron chi connectivity index (χ4n) is 3.34. The van der Waals surface area contributed by atoms with Crippen molar-refractivity contribution >= 4 is 40.9 Å². The SMILES string of the molecule is COC(=O)C1(C(=O)OC)CCn2c(C(=O)c3ccc(Cl)cc3Cl)ccc21. The quantitative estimate of drug-likeness (QED) is 0.451. The fraction of sp³-hybridized carbons (Fsp3) is 0.278. The van der Waals surface area contributed by atoms with E-state index in [9.17, 15) is 14.4 Å². The van der Waals surface area contributed by atoms with E-state index in [0.29, 0.717) is 23.0 Å². The van der Waals surface area contributed by atoms with Crippen LogP contribution in [0.2, 0.25) is 10.0 Å². The Kier molecular flexibility index (Phi) is 4.82. The van der Waals surface area contributed by atoms with Crippen LogP contribution >= 0.6 is 23.2 Å². The minimum atomic E-state index is -1.58. The molecule has 1 aliphatic rings. The first-order valence-corrected chi connectivity index (χ1v) is 8.49. The fourth-order valence-corrected chi connectivity index (χ4v) is 3.84. The van der Waals surface area contributed by atoms with Crippen LogP contribution in [0, 0.1) is 0 Å². The summed E-state index contributed by atoms with van der Waals surface area (Å²) >= 11 is 12.0. The van der Waals surface area contributed by atoms with Crippen molar-refractivity contribution in [1.82, 2.24) is 4.57 Å². The summed E-state index contributed by atoms with van der Waals surface area (Å²) < 4.78 is 11.3. The summed E-state index contributed by atoms with van der Waals surface area (Å²) in [5.74, 6) is -1.77. The molecule has 0 atom stereocenters. The molecule has 2 aromatic rings. The lowest BCUT2D eigenvalue weighted by molar-refractivity contribution is -0.161. The van der Waals surface area contributed by atoms with Gasteiger partial charge in [0, 0.05) is 22.8 Å². The second kappa shape index (κ2) is 6.78. The van der Waals surface area contributed by atoms with Crippen LogP contribution in [0.4, 0.5) is 0 Å². The highest BCUT2D eigenvalue weighted by Crippen LogP contribution is 2.39. The molecule has 8 heteroatoms. The van der Waals surface area contributed by atoms with E-state index in [0.717, 1.165) is 0 Å². The van der Waals surface area contributed by atoms with Gasteiger partial charge in [-0.25, -0.2) is 0 Å². The zero-order chi connectivity index (χ0) is 19.1. The smallest absolute Gasteiger partial charge is 0.329 e. The van der Waals surface area contributed by atoms with E-state index in [-0.39, 0.29) is 22.8 Å². The molecule has 0 spiro atoms. The molecule has 1 aromatic heterocycles. The summed E-state index contributed by atoms with van der Waals surface area (Å²) in [6.45, 7) is 0.290. The van der Waals surface area contributed by atoms with Crippen LogP contribution in [0.3, 0.4) is 0 Å². The number of carbonyl (C=O) groups excluding carboxylic acids is 3. The molecule has 0 N–H and O–H groups in total. The van der Waals surface area contributed by atoms with Gasteiger partial charge in [-0.05, 0) is 36.8 Å². The Morgan fingerprint density at radius 2 is 1.69 bits per heavy atom. The van der Waals surface area contributed by atoms with Crippen molar-refractivity contribution in [2.24, 2.45) is 0 Å². The highest BCUT2D eigenvalue weighted by atomic mass is 35.5. The van der Waals surface area contributed by atoms with Gasteiger partial charge in [-0.15, -0.1) is 0 Å². The molecule has 6 nitrogen and oxygen atoms in total. The molecule has 0 fully saturated rings. The van der Waals surface area contributed by atoms with Crippen LogP contribution in [-0.2, 0) is 31.0 Å². The number of carbonyl (C=O) groups is 3. The van der Waals surface area contributed by atoms with Crippen LogP contribution < -0.4 is 0 Å². The Bertz CT molecular complexity index is 902. The average Bonchev–Trinajstić information content (AvgIpc) is 3.20. The molecule has 0 aliphatic carbocycles. The standard InChI is InChI=1S/C18H15Cl2NO5/c1-25-16(23)18(17(24)26-2)7-8-21-13(5-6-14(18)21)15(22)11-4-3-10(19)9-12(11)20/h3-6,9H,7-8H2,1-2H3. The molecule has 3 rings (SSSR count). The van der Waals surface area contributed by atoms with Gasteiger partial charge < -0.3 is 14.0 Å². The van der Waals surface area contributed by atoms with E-state index in [4.69, 9.17) is 32.7 Å². The van der Waals surface area contributed by atoms with Gasteiger partial charge >= 0.3 is 11.9 Å². The Hall–Kier alpha value is -2.31. The summed E-state index contributed by atoms with van der Waals surface area (Å²) in [6.07, 6.45) is 0.150. The van der Waals surface area contributed by atoms with E-state index < -0.39 is 17.4 Å². The number of hydrogen-bond donors (Lipinski definition) is 0. The van der Waals surface area contributed by atoms with Crippen LogP contribution in [0.5, 0.6) is 0 Å². The third-order valence-electron chi connectivity index (χ3n) is 4.60. The molecule has 136 valence electrons. The largest absolute Gasteiger partial charge is 0.468 e. The number of aromatic nitrogens is 1. The van der Waals surface area contributed by atoms with E-state index in [2.05, 4.69) is 0 Å². The third kappa shape index (κ3) is 2.61. The van der Waals surface area contributed by atoms with Gasteiger partial charge in [-0.3, -0.25) is 14.4 Å². The second-order valence-electron chi connectivity index (χ2n) is 5.85. The highest BCUT2D eigenvalue weighted by Gasteiger charge is 2.55. The molecule has 1 aromatic carbocycles. The molecule has 0 saturated heterocycles. The first-order chi connectivity index (χ1) is 12.4. The predicted octanol–water partition coefficient (Wildman–Crippen LogP) is 3.01. The van der Waals surface area contributed by atoms with E-state index >= 15 is 0 Å². The van der Waals surface area contributed by atoms with Crippen LogP contribution in [0.25, 0.3) is 0 Å². The maximum atomic E-state index is 12.9. The van der Waals surface area contributed by atoms with Gasteiger partial charge in [0.2, 0.25) is 11.2 Å². The van der Waals surface area contributed by atoms with Crippen molar-refractivity contribution in [2.45, 2.75) is 18.4 Å². The number of fused-ring (bicyclic) bond motifs is 1. The van der Waals surface area contributed by atoms with Gasteiger partial charge in [0.1, 0.15) is 0 Å². The molecule has 0 radical (unpaired) electrons. The second-order valence-corrected chi connectivity index (χ2v) is 6.69. The Morgan fingerprint density at radius 3 is 2.27 bits per heavy atom. The van der Waals surface area contributed by atoms with Gasteiger partial charge in [-0.2, -0.15) is 0 Å². The van der Waals surface area contributed by atoms with E-state index in [1.165, 1.54) is 26.4 Å². The number of nitrogens with zero attached hydrogens (tertiary/aromatic N) is 1.